The minimum atomic E-state index is -0.403. The topological polar surface area (TPSA) is 102 Å². The monoisotopic (exact) mass is 813 g/mol. The predicted octanol–water partition coefficient (Wildman–Crippen LogP) is 9.85. The number of aliphatic hydroxyl groups is 1. The molecule has 0 radical (unpaired) electrons. The standard InChI is InChI=1S/C20H41NO.C18H37NO.C6H14O.2ClH.Ti/c1-3-5-6-7-8-9-10-11-12-13-14-15-16-17-18-19(4-2)20(21)22;1-2-3-4-5-6-7-8-9-10-11-12-13-14-15-16-17-18(19)20;1-2-3-4-5-6-7;;;/h19H,3-18H2,1-2H3,(H2,21,22);2-17H2,1H3,(H2,19,20);7H,2-6H2,1H3;2*1H;/q;;;;;+4/p-4. The second-order valence-corrected chi connectivity index (χ2v) is 14.8. The normalized spacial score (nSPS) is 10.7. The van der Waals surface area contributed by atoms with E-state index in [9.17, 15) is 9.59 Å². The van der Waals surface area contributed by atoms with E-state index >= 15 is 0 Å². The maximum atomic E-state index is 11.0. The van der Waals surface area contributed by atoms with Crippen LogP contribution in [-0.2, 0) is 31.3 Å². The van der Waals surface area contributed by atoms with Gasteiger partial charge in [-0.25, -0.2) is 0 Å². The smallest absolute Gasteiger partial charge is 1.00 e. The molecule has 0 aromatic rings. The Labute approximate surface area is 354 Å². The predicted molar refractivity (Wildman–Crippen MR) is 218 cm³/mol. The van der Waals surface area contributed by atoms with Crippen LogP contribution in [0.1, 0.15) is 259 Å². The maximum Gasteiger partial charge on any atom is 4.00 e. The molecule has 0 saturated heterocycles. The number of aliphatic hydroxyl groups excluding tert-OH is 1. The molecule has 312 valence electrons. The molecule has 0 rings (SSSR count). The van der Waals surface area contributed by atoms with Crippen molar-refractivity contribution in [1.82, 2.24) is 0 Å². The van der Waals surface area contributed by atoms with Crippen molar-refractivity contribution in [2.75, 3.05) is 6.61 Å². The molecule has 0 aromatic carbocycles. The summed E-state index contributed by atoms with van der Waals surface area (Å²) in [6, 6.07) is 0. The van der Waals surface area contributed by atoms with Crippen molar-refractivity contribution in [3.63, 3.8) is 0 Å². The molecular formula is C44H90Cl2N2O3Ti. The van der Waals surface area contributed by atoms with Crippen molar-refractivity contribution in [3.05, 3.63) is 11.5 Å². The fraction of sp³-hybridized carbons (Fsp3) is 0.955. The molecule has 0 aliphatic rings. The SMILES string of the molecule is CCCCCCCCCCCCCCCCC(CC)C([NH-])=O.CCCCCCCCCCCCCCCCCC([NH-])=O.CCCCCCO.[Cl-].[Cl-].[Ti+4]. The van der Waals surface area contributed by atoms with Crippen molar-refractivity contribution in [2.45, 2.75) is 259 Å². The summed E-state index contributed by atoms with van der Waals surface area (Å²) in [4.78, 5) is 21.5. The molecule has 1 atom stereocenters. The van der Waals surface area contributed by atoms with E-state index in [0.717, 1.165) is 38.5 Å². The molecule has 0 aliphatic carbocycles. The van der Waals surface area contributed by atoms with E-state index < -0.39 is 5.91 Å². The number of amides is 2. The Kier molecular flexibility index (Phi) is 74.5. The summed E-state index contributed by atoms with van der Waals surface area (Å²) < 4.78 is 0. The van der Waals surface area contributed by atoms with Crippen LogP contribution in [0.2, 0.25) is 0 Å². The summed E-state index contributed by atoms with van der Waals surface area (Å²) in [6.45, 7) is 9.09. The summed E-state index contributed by atoms with van der Waals surface area (Å²) in [7, 11) is 0. The molecular weight excluding hydrogens is 723 g/mol. The van der Waals surface area contributed by atoms with Gasteiger partial charge in [0.05, 0.1) is 5.91 Å². The van der Waals surface area contributed by atoms with E-state index in [1.54, 1.807) is 0 Å². The summed E-state index contributed by atoms with van der Waals surface area (Å²) in [5, 5.41) is 8.29. The Hall–Kier alpha value is 0.194. The molecule has 0 bridgehead atoms. The van der Waals surface area contributed by atoms with Gasteiger partial charge in [-0.2, -0.15) is 0 Å². The van der Waals surface area contributed by atoms with E-state index in [-0.39, 0.29) is 58.4 Å². The van der Waals surface area contributed by atoms with E-state index in [1.807, 2.05) is 6.92 Å². The molecule has 0 heterocycles. The molecule has 52 heavy (non-hydrogen) atoms. The number of hydrogen-bond donors (Lipinski definition) is 1. The van der Waals surface area contributed by atoms with Gasteiger partial charge in [-0.3, -0.25) is 0 Å². The molecule has 0 aromatic heterocycles. The fourth-order valence-electron chi connectivity index (χ4n) is 6.30. The molecule has 3 N–H and O–H groups in total. The van der Waals surface area contributed by atoms with Crippen LogP contribution in [0.4, 0.5) is 0 Å². The molecule has 0 fully saturated rings. The van der Waals surface area contributed by atoms with Gasteiger partial charge in [0, 0.05) is 12.5 Å². The third-order valence-electron chi connectivity index (χ3n) is 9.79. The van der Waals surface area contributed by atoms with Gasteiger partial charge >= 0.3 is 21.7 Å². The number of hydrogen-bond acceptors (Lipinski definition) is 3. The van der Waals surface area contributed by atoms with Gasteiger partial charge in [0.25, 0.3) is 0 Å². The molecule has 2 amide bonds. The van der Waals surface area contributed by atoms with Crippen LogP contribution in [0.3, 0.4) is 0 Å². The second kappa shape index (κ2) is 60.4. The summed E-state index contributed by atoms with van der Waals surface area (Å²) in [5.41, 5.74) is 14.0. The number of unbranched alkanes of at least 4 members (excludes halogenated alkanes) is 30. The Balaban J connectivity index is -0.000000164. The van der Waals surface area contributed by atoms with Crippen molar-refractivity contribution >= 4 is 11.8 Å². The Morgan fingerprint density at radius 1 is 0.423 bits per heavy atom. The zero-order valence-electron chi connectivity index (χ0n) is 35.3. The number of carbonyl (C=O) groups is 2. The number of rotatable bonds is 37. The molecule has 0 aliphatic heterocycles. The zero-order valence-corrected chi connectivity index (χ0v) is 38.3. The largest absolute Gasteiger partial charge is 4.00 e. The van der Waals surface area contributed by atoms with Gasteiger partial charge in [0.15, 0.2) is 0 Å². The van der Waals surface area contributed by atoms with E-state index in [2.05, 4.69) is 20.8 Å². The first-order chi connectivity index (χ1) is 23.9. The van der Waals surface area contributed by atoms with Crippen LogP contribution in [0.15, 0.2) is 0 Å². The number of carbonyl (C=O) groups excluding carboxylic acids is 2. The average molecular weight is 814 g/mol. The van der Waals surface area contributed by atoms with Gasteiger partial charge in [0.1, 0.15) is 0 Å². The maximum absolute atomic E-state index is 11.0. The summed E-state index contributed by atoms with van der Waals surface area (Å²) in [6.07, 6.45) is 46.1. The minimum Gasteiger partial charge on any atom is -1.00 e. The third kappa shape index (κ3) is 65.1. The third-order valence-corrected chi connectivity index (χ3v) is 9.79. The van der Waals surface area contributed by atoms with E-state index in [1.165, 1.54) is 186 Å². The Bertz CT molecular complexity index is 628. The summed E-state index contributed by atoms with van der Waals surface area (Å²) in [5.74, 6) is -0.769. The van der Waals surface area contributed by atoms with Gasteiger partial charge in [-0.1, -0.05) is 227 Å². The minimum absolute atomic E-state index is 0. The first-order valence-electron chi connectivity index (χ1n) is 22.0. The average Bonchev–Trinajstić information content (AvgIpc) is 3.09. The first kappa shape index (κ1) is 64.1. The molecule has 8 heteroatoms. The van der Waals surface area contributed by atoms with Crippen molar-refractivity contribution in [1.29, 1.82) is 0 Å². The number of halogens is 2. The van der Waals surface area contributed by atoms with Crippen LogP contribution in [0.25, 0.3) is 11.5 Å². The zero-order chi connectivity index (χ0) is 36.9. The van der Waals surface area contributed by atoms with Crippen molar-refractivity contribution < 1.29 is 61.2 Å². The fourth-order valence-corrected chi connectivity index (χ4v) is 6.30. The van der Waals surface area contributed by atoms with Crippen LogP contribution in [-0.4, -0.2) is 23.5 Å². The van der Waals surface area contributed by atoms with E-state index in [0.29, 0.717) is 13.0 Å². The Morgan fingerprint density at radius 3 is 0.904 bits per heavy atom. The van der Waals surface area contributed by atoms with Crippen LogP contribution in [0, 0.1) is 5.92 Å². The van der Waals surface area contributed by atoms with Crippen LogP contribution < -0.4 is 24.8 Å². The quantitative estimate of drug-likeness (QED) is 0.0499. The van der Waals surface area contributed by atoms with Crippen LogP contribution >= 0.6 is 0 Å². The summed E-state index contributed by atoms with van der Waals surface area (Å²) >= 11 is 0. The molecule has 5 nitrogen and oxygen atoms in total. The second-order valence-electron chi connectivity index (χ2n) is 14.8. The Morgan fingerprint density at radius 2 is 0.673 bits per heavy atom. The molecule has 1 unspecified atom stereocenters. The van der Waals surface area contributed by atoms with Gasteiger partial charge in [-0.05, 0) is 38.0 Å². The first-order valence-corrected chi connectivity index (χ1v) is 22.0. The molecule has 0 spiro atoms. The van der Waals surface area contributed by atoms with E-state index in [4.69, 9.17) is 16.6 Å². The van der Waals surface area contributed by atoms with Crippen molar-refractivity contribution in [2.24, 2.45) is 5.92 Å². The van der Waals surface area contributed by atoms with Gasteiger partial charge < -0.3 is 51.0 Å². The van der Waals surface area contributed by atoms with Gasteiger partial charge in [0.2, 0.25) is 0 Å². The van der Waals surface area contributed by atoms with Gasteiger partial charge in [-0.15, -0.1) is 0 Å². The number of nitrogens with one attached hydrogen (secondary N) is 2. The van der Waals surface area contributed by atoms with Crippen molar-refractivity contribution in [3.8, 4) is 0 Å². The van der Waals surface area contributed by atoms with Crippen LogP contribution in [0.5, 0.6) is 0 Å². The molecule has 0 saturated carbocycles.